The minimum absolute atomic E-state index is 0.264. The standard InChI is InChI=1S/C17H26N2O2/c1-3-4-8-16-12-18-9-10-19(16)13-14-6-5-7-15(11-14)17(20)21-2/h5-7,11,16,18H,3-4,8-10,12-13H2,1-2H3/t16-/m1/s1. The molecule has 0 radical (unpaired) electrons. The molecule has 1 heterocycles. The van der Waals surface area contributed by atoms with E-state index in [9.17, 15) is 4.79 Å². The van der Waals surface area contributed by atoms with Gasteiger partial charge in [0.25, 0.3) is 0 Å². The van der Waals surface area contributed by atoms with Gasteiger partial charge in [0.2, 0.25) is 0 Å². The Bertz CT molecular complexity index is 462. The van der Waals surface area contributed by atoms with Crippen molar-refractivity contribution in [2.24, 2.45) is 0 Å². The number of carbonyl (C=O) groups excluding carboxylic acids is 1. The van der Waals surface area contributed by atoms with Crippen molar-refractivity contribution in [3.05, 3.63) is 35.4 Å². The molecule has 1 aromatic carbocycles. The molecule has 0 unspecified atom stereocenters. The first kappa shape index (κ1) is 16.0. The van der Waals surface area contributed by atoms with Crippen LogP contribution in [0.1, 0.15) is 42.1 Å². The Kier molecular flexibility index (Phi) is 6.21. The van der Waals surface area contributed by atoms with Gasteiger partial charge in [0.1, 0.15) is 0 Å². The molecule has 0 bridgehead atoms. The molecule has 0 aliphatic carbocycles. The lowest BCUT2D eigenvalue weighted by molar-refractivity contribution is 0.0600. The van der Waals surface area contributed by atoms with Gasteiger partial charge in [-0.3, -0.25) is 4.90 Å². The number of hydrogen-bond acceptors (Lipinski definition) is 4. The number of rotatable bonds is 6. The second-order valence-corrected chi connectivity index (χ2v) is 5.66. The number of nitrogens with zero attached hydrogens (tertiary/aromatic N) is 1. The molecule has 2 rings (SSSR count). The Morgan fingerprint density at radius 2 is 2.33 bits per heavy atom. The van der Waals surface area contributed by atoms with Gasteiger partial charge in [-0.2, -0.15) is 0 Å². The molecule has 0 aromatic heterocycles. The number of benzene rings is 1. The monoisotopic (exact) mass is 290 g/mol. The van der Waals surface area contributed by atoms with Crippen molar-refractivity contribution < 1.29 is 9.53 Å². The highest BCUT2D eigenvalue weighted by Gasteiger charge is 2.21. The summed E-state index contributed by atoms with van der Waals surface area (Å²) in [5, 5.41) is 3.48. The van der Waals surface area contributed by atoms with E-state index in [0.29, 0.717) is 11.6 Å². The van der Waals surface area contributed by atoms with Crippen LogP contribution in [0, 0.1) is 0 Å². The third-order valence-electron chi connectivity index (χ3n) is 4.10. The summed E-state index contributed by atoms with van der Waals surface area (Å²) in [6.45, 7) is 6.31. The molecule has 4 nitrogen and oxygen atoms in total. The van der Waals surface area contributed by atoms with Crippen LogP contribution in [0.25, 0.3) is 0 Å². The predicted molar refractivity (Wildman–Crippen MR) is 84.4 cm³/mol. The van der Waals surface area contributed by atoms with Crippen LogP contribution in [0.3, 0.4) is 0 Å². The molecule has 116 valence electrons. The topological polar surface area (TPSA) is 41.6 Å². The minimum atomic E-state index is -0.264. The van der Waals surface area contributed by atoms with Gasteiger partial charge >= 0.3 is 5.97 Å². The molecule has 1 saturated heterocycles. The number of piperazine rings is 1. The maximum atomic E-state index is 11.6. The van der Waals surface area contributed by atoms with E-state index in [1.165, 1.54) is 31.9 Å². The Labute approximate surface area is 127 Å². The summed E-state index contributed by atoms with van der Waals surface area (Å²) < 4.78 is 4.79. The van der Waals surface area contributed by atoms with Crippen LogP contribution in [0.2, 0.25) is 0 Å². The maximum absolute atomic E-state index is 11.6. The van der Waals surface area contributed by atoms with Crippen LogP contribution in [0.5, 0.6) is 0 Å². The Morgan fingerprint density at radius 3 is 3.10 bits per heavy atom. The second kappa shape index (κ2) is 8.15. The van der Waals surface area contributed by atoms with Gasteiger partial charge in [0.05, 0.1) is 12.7 Å². The lowest BCUT2D eigenvalue weighted by atomic mass is 10.0. The number of esters is 1. The van der Waals surface area contributed by atoms with E-state index < -0.39 is 0 Å². The van der Waals surface area contributed by atoms with Crippen LogP contribution < -0.4 is 5.32 Å². The molecule has 1 aromatic rings. The van der Waals surface area contributed by atoms with Crippen molar-refractivity contribution >= 4 is 5.97 Å². The molecule has 0 saturated carbocycles. The van der Waals surface area contributed by atoms with Gasteiger partial charge in [0, 0.05) is 32.2 Å². The Hall–Kier alpha value is -1.39. The molecule has 21 heavy (non-hydrogen) atoms. The molecule has 4 heteroatoms. The lowest BCUT2D eigenvalue weighted by Crippen LogP contribution is -2.50. The third-order valence-corrected chi connectivity index (χ3v) is 4.10. The summed E-state index contributed by atoms with van der Waals surface area (Å²) in [5.41, 5.74) is 1.82. The van der Waals surface area contributed by atoms with E-state index in [-0.39, 0.29) is 5.97 Å². The number of ether oxygens (including phenoxy) is 1. The summed E-state index contributed by atoms with van der Waals surface area (Å²) in [6.07, 6.45) is 3.74. The van der Waals surface area contributed by atoms with E-state index >= 15 is 0 Å². The van der Waals surface area contributed by atoms with Gasteiger partial charge in [0.15, 0.2) is 0 Å². The highest BCUT2D eigenvalue weighted by atomic mass is 16.5. The largest absolute Gasteiger partial charge is 0.465 e. The van der Waals surface area contributed by atoms with E-state index in [2.05, 4.69) is 23.2 Å². The Balaban J connectivity index is 2.03. The van der Waals surface area contributed by atoms with Crippen LogP contribution >= 0.6 is 0 Å². The fraction of sp³-hybridized carbons (Fsp3) is 0.588. The summed E-state index contributed by atoms with van der Waals surface area (Å²) in [4.78, 5) is 14.1. The number of nitrogens with one attached hydrogen (secondary N) is 1. The molecule has 1 fully saturated rings. The fourth-order valence-electron chi connectivity index (χ4n) is 2.88. The minimum Gasteiger partial charge on any atom is -0.465 e. The number of hydrogen-bond donors (Lipinski definition) is 1. The molecular formula is C17H26N2O2. The number of unbranched alkanes of at least 4 members (excludes halogenated alkanes) is 1. The predicted octanol–water partition coefficient (Wildman–Crippen LogP) is 2.44. The average Bonchev–Trinajstić information content (AvgIpc) is 2.53. The molecule has 0 amide bonds. The van der Waals surface area contributed by atoms with Crippen molar-refractivity contribution in [3.63, 3.8) is 0 Å². The van der Waals surface area contributed by atoms with Gasteiger partial charge in [-0.1, -0.05) is 31.9 Å². The summed E-state index contributed by atoms with van der Waals surface area (Å²) in [6, 6.07) is 8.38. The Morgan fingerprint density at radius 1 is 1.48 bits per heavy atom. The quantitative estimate of drug-likeness (QED) is 0.817. The van der Waals surface area contributed by atoms with E-state index in [4.69, 9.17) is 4.74 Å². The molecule has 1 aliphatic heterocycles. The molecule has 1 N–H and O–H groups in total. The van der Waals surface area contributed by atoms with Gasteiger partial charge in [-0.05, 0) is 24.1 Å². The van der Waals surface area contributed by atoms with Crippen molar-refractivity contribution in [1.82, 2.24) is 10.2 Å². The van der Waals surface area contributed by atoms with E-state index in [1.807, 2.05) is 18.2 Å². The molecule has 0 spiro atoms. The van der Waals surface area contributed by atoms with Crippen molar-refractivity contribution in [3.8, 4) is 0 Å². The first-order valence-corrected chi connectivity index (χ1v) is 7.86. The highest BCUT2D eigenvalue weighted by Crippen LogP contribution is 2.16. The number of methoxy groups -OCH3 is 1. The third kappa shape index (κ3) is 4.55. The first-order chi connectivity index (χ1) is 10.2. The van der Waals surface area contributed by atoms with E-state index in [0.717, 1.165) is 26.2 Å². The smallest absolute Gasteiger partial charge is 0.337 e. The van der Waals surface area contributed by atoms with Gasteiger partial charge in [-0.15, -0.1) is 0 Å². The van der Waals surface area contributed by atoms with Crippen molar-refractivity contribution in [1.29, 1.82) is 0 Å². The summed E-state index contributed by atoms with van der Waals surface area (Å²) >= 11 is 0. The normalized spacial score (nSPS) is 19.4. The summed E-state index contributed by atoms with van der Waals surface area (Å²) in [5.74, 6) is -0.264. The van der Waals surface area contributed by atoms with Gasteiger partial charge < -0.3 is 10.1 Å². The average molecular weight is 290 g/mol. The van der Waals surface area contributed by atoms with Crippen LogP contribution in [-0.4, -0.2) is 43.7 Å². The zero-order valence-electron chi connectivity index (χ0n) is 13.1. The molecule has 1 aliphatic rings. The summed E-state index contributed by atoms with van der Waals surface area (Å²) in [7, 11) is 1.42. The first-order valence-electron chi connectivity index (χ1n) is 7.86. The van der Waals surface area contributed by atoms with E-state index in [1.54, 1.807) is 0 Å². The molecule has 1 atom stereocenters. The second-order valence-electron chi connectivity index (χ2n) is 5.66. The zero-order valence-corrected chi connectivity index (χ0v) is 13.1. The van der Waals surface area contributed by atoms with Crippen molar-refractivity contribution in [2.45, 2.75) is 38.8 Å². The van der Waals surface area contributed by atoms with Crippen LogP contribution in [0.4, 0.5) is 0 Å². The molecular weight excluding hydrogens is 264 g/mol. The highest BCUT2D eigenvalue weighted by molar-refractivity contribution is 5.89. The fourth-order valence-corrected chi connectivity index (χ4v) is 2.88. The zero-order chi connectivity index (χ0) is 15.1. The SMILES string of the molecule is CCCC[C@@H]1CNCCN1Cc1cccc(C(=O)OC)c1. The van der Waals surface area contributed by atoms with Crippen molar-refractivity contribution in [2.75, 3.05) is 26.7 Å². The number of carbonyl (C=O) groups is 1. The lowest BCUT2D eigenvalue weighted by Gasteiger charge is -2.36. The van der Waals surface area contributed by atoms with Crippen LogP contribution in [0.15, 0.2) is 24.3 Å². The van der Waals surface area contributed by atoms with Crippen LogP contribution in [-0.2, 0) is 11.3 Å². The van der Waals surface area contributed by atoms with Gasteiger partial charge in [-0.25, -0.2) is 4.79 Å². The maximum Gasteiger partial charge on any atom is 0.337 e.